The molecule has 2 aromatic rings. The largest absolute Gasteiger partial charge is 0.496 e. The van der Waals surface area contributed by atoms with Gasteiger partial charge in [-0.25, -0.2) is 0 Å². The van der Waals surface area contributed by atoms with Gasteiger partial charge < -0.3 is 15.0 Å². The van der Waals surface area contributed by atoms with Gasteiger partial charge in [-0.3, -0.25) is 0 Å². The monoisotopic (exact) mass is 244 g/mol. The summed E-state index contributed by atoms with van der Waals surface area (Å²) in [5, 5.41) is 4.82. The van der Waals surface area contributed by atoms with Crippen LogP contribution in [0.15, 0.2) is 18.2 Å². The minimum atomic E-state index is 0.0402. The molecule has 0 bridgehead atoms. The Hall–Kier alpha value is -1.48. The van der Waals surface area contributed by atoms with Crippen LogP contribution >= 0.6 is 0 Å². The average Bonchev–Trinajstić information content (AvgIpc) is 2.92. The number of benzene rings is 1. The molecule has 0 saturated carbocycles. The Morgan fingerprint density at radius 3 is 2.78 bits per heavy atom. The molecular formula is C15H20N2O. The van der Waals surface area contributed by atoms with Crippen LogP contribution in [0.3, 0.4) is 0 Å². The minimum absolute atomic E-state index is 0.0402. The van der Waals surface area contributed by atoms with E-state index in [1.165, 1.54) is 28.6 Å². The van der Waals surface area contributed by atoms with Gasteiger partial charge >= 0.3 is 0 Å². The van der Waals surface area contributed by atoms with E-state index in [1.54, 1.807) is 7.11 Å². The van der Waals surface area contributed by atoms with E-state index in [0.717, 1.165) is 18.7 Å². The second-order valence-corrected chi connectivity index (χ2v) is 5.45. The molecule has 1 aromatic heterocycles. The summed E-state index contributed by atoms with van der Waals surface area (Å²) in [6.07, 6.45) is 2.38. The van der Waals surface area contributed by atoms with Crippen molar-refractivity contribution in [2.45, 2.75) is 32.2 Å². The molecule has 1 aliphatic rings. The fraction of sp³-hybridized carbons (Fsp3) is 0.467. The van der Waals surface area contributed by atoms with E-state index in [4.69, 9.17) is 4.74 Å². The Morgan fingerprint density at radius 2 is 2.11 bits per heavy atom. The first-order valence-corrected chi connectivity index (χ1v) is 6.55. The predicted octanol–water partition coefficient (Wildman–Crippen LogP) is 3.08. The van der Waals surface area contributed by atoms with E-state index in [9.17, 15) is 0 Å². The molecule has 18 heavy (non-hydrogen) atoms. The standard InChI is InChI=1S/C15H20N2O/c1-10-7-11-8-14(18-3)12(9-13(11)17-10)15(2)5-4-6-16-15/h7-9,16-17H,4-6H2,1-3H3. The molecule has 0 aliphatic carbocycles. The maximum atomic E-state index is 5.59. The van der Waals surface area contributed by atoms with Gasteiger partial charge in [-0.2, -0.15) is 0 Å². The Labute approximate surface area is 108 Å². The number of methoxy groups -OCH3 is 1. The summed E-state index contributed by atoms with van der Waals surface area (Å²) >= 11 is 0. The molecule has 3 nitrogen and oxygen atoms in total. The number of aromatic nitrogens is 1. The minimum Gasteiger partial charge on any atom is -0.496 e. The Bertz CT molecular complexity index is 579. The van der Waals surface area contributed by atoms with Crippen molar-refractivity contribution >= 4 is 10.9 Å². The third-order valence-electron chi connectivity index (χ3n) is 4.04. The number of nitrogens with one attached hydrogen (secondary N) is 2. The van der Waals surface area contributed by atoms with Crippen molar-refractivity contribution in [2.24, 2.45) is 0 Å². The zero-order valence-electron chi connectivity index (χ0n) is 11.3. The Balaban J connectivity index is 2.19. The lowest BCUT2D eigenvalue weighted by Gasteiger charge is -2.27. The molecule has 0 amide bonds. The summed E-state index contributed by atoms with van der Waals surface area (Å²) in [4.78, 5) is 3.41. The zero-order valence-corrected chi connectivity index (χ0v) is 11.3. The van der Waals surface area contributed by atoms with Gasteiger partial charge in [-0.1, -0.05) is 0 Å². The van der Waals surface area contributed by atoms with Crippen molar-refractivity contribution in [3.63, 3.8) is 0 Å². The highest BCUT2D eigenvalue weighted by Gasteiger charge is 2.33. The summed E-state index contributed by atoms with van der Waals surface area (Å²) in [5.74, 6) is 0.985. The molecule has 0 spiro atoms. The lowest BCUT2D eigenvalue weighted by molar-refractivity contribution is 0.372. The van der Waals surface area contributed by atoms with Crippen molar-refractivity contribution in [1.29, 1.82) is 0 Å². The van der Waals surface area contributed by atoms with Crippen LogP contribution in [0.1, 0.15) is 31.0 Å². The molecule has 1 unspecified atom stereocenters. The van der Waals surface area contributed by atoms with Crippen molar-refractivity contribution in [2.75, 3.05) is 13.7 Å². The van der Waals surface area contributed by atoms with Gasteiger partial charge in [0.25, 0.3) is 0 Å². The fourth-order valence-corrected chi connectivity index (χ4v) is 3.03. The number of ether oxygens (including phenoxy) is 1. The fourth-order valence-electron chi connectivity index (χ4n) is 3.03. The molecule has 96 valence electrons. The van der Waals surface area contributed by atoms with Gasteiger partial charge in [0.15, 0.2) is 0 Å². The molecule has 1 fully saturated rings. The molecule has 2 N–H and O–H groups in total. The Kier molecular flexibility index (Phi) is 2.59. The summed E-state index contributed by atoms with van der Waals surface area (Å²) < 4.78 is 5.59. The van der Waals surface area contributed by atoms with Crippen molar-refractivity contribution in [1.82, 2.24) is 10.3 Å². The smallest absolute Gasteiger partial charge is 0.124 e. The van der Waals surface area contributed by atoms with Crippen LogP contribution in [0, 0.1) is 6.92 Å². The second kappa shape index (κ2) is 4.02. The summed E-state index contributed by atoms with van der Waals surface area (Å²) in [6, 6.07) is 6.53. The van der Waals surface area contributed by atoms with E-state index >= 15 is 0 Å². The van der Waals surface area contributed by atoms with E-state index in [1.807, 2.05) is 0 Å². The topological polar surface area (TPSA) is 37.0 Å². The maximum Gasteiger partial charge on any atom is 0.124 e. The van der Waals surface area contributed by atoms with E-state index in [-0.39, 0.29) is 5.54 Å². The molecule has 3 rings (SSSR count). The van der Waals surface area contributed by atoms with E-state index in [0.29, 0.717) is 0 Å². The first kappa shape index (κ1) is 11.6. The number of rotatable bonds is 2. The van der Waals surface area contributed by atoms with Crippen LogP contribution < -0.4 is 10.1 Å². The van der Waals surface area contributed by atoms with Gasteiger partial charge in [-0.05, 0) is 51.4 Å². The second-order valence-electron chi connectivity index (χ2n) is 5.45. The highest BCUT2D eigenvalue weighted by Crippen LogP contribution is 2.38. The van der Waals surface area contributed by atoms with Crippen LogP contribution in [0.5, 0.6) is 5.75 Å². The highest BCUT2D eigenvalue weighted by molar-refractivity contribution is 5.83. The number of hydrogen-bond donors (Lipinski definition) is 2. The third-order valence-corrected chi connectivity index (χ3v) is 4.04. The van der Waals surface area contributed by atoms with Gasteiger partial charge in [0.05, 0.1) is 7.11 Å². The predicted molar refractivity (Wildman–Crippen MR) is 74.2 cm³/mol. The van der Waals surface area contributed by atoms with Crippen LogP contribution in [0.2, 0.25) is 0 Å². The molecule has 3 heteroatoms. The zero-order chi connectivity index (χ0) is 12.8. The maximum absolute atomic E-state index is 5.59. The van der Waals surface area contributed by atoms with Crippen molar-refractivity contribution in [3.05, 3.63) is 29.5 Å². The summed E-state index contributed by atoms with van der Waals surface area (Å²) in [6.45, 7) is 5.43. The van der Waals surface area contributed by atoms with Gasteiger partial charge in [0, 0.05) is 27.7 Å². The van der Waals surface area contributed by atoms with Crippen molar-refractivity contribution in [3.8, 4) is 5.75 Å². The van der Waals surface area contributed by atoms with Gasteiger partial charge in [0.2, 0.25) is 0 Å². The molecule has 1 aliphatic heterocycles. The SMILES string of the molecule is COc1cc2cc(C)[nH]c2cc1C1(C)CCCN1. The Morgan fingerprint density at radius 1 is 1.28 bits per heavy atom. The lowest BCUT2D eigenvalue weighted by Crippen LogP contribution is -2.33. The molecule has 0 radical (unpaired) electrons. The van der Waals surface area contributed by atoms with Crippen molar-refractivity contribution < 1.29 is 4.74 Å². The van der Waals surface area contributed by atoms with Crippen LogP contribution in [-0.4, -0.2) is 18.6 Å². The van der Waals surface area contributed by atoms with E-state index in [2.05, 4.69) is 42.3 Å². The highest BCUT2D eigenvalue weighted by atomic mass is 16.5. The summed E-state index contributed by atoms with van der Waals surface area (Å²) in [7, 11) is 1.75. The van der Waals surface area contributed by atoms with Gasteiger partial charge in [0.1, 0.15) is 5.75 Å². The van der Waals surface area contributed by atoms with Crippen LogP contribution in [0.25, 0.3) is 10.9 Å². The van der Waals surface area contributed by atoms with Crippen LogP contribution in [-0.2, 0) is 5.54 Å². The molecular weight excluding hydrogens is 224 g/mol. The molecule has 1 aromatic carbocycles. The quantitative estimate of drug-likeness (QED) is 0.851. The van der Waals surface area contributed by atoms with Gasteiger partial charge in [-0.15, -0.1) is 0 Å². The average molecular weight is 244 g/mol. The number of fused-ring (bicyclic) bond motifs is 1. The number of aryl methyl sites for hydroxylation is 1. The summed E-state index contributed by atoms with van der Waals surface area (Å²) in [5.41, 5.74) is 3.68. The third kappa shape index (κ3) is 1.70. The number of aromatic amines is 1. The first-order chi connectivity index (χ1) is 8.62. The number of H-pyrrole nitrogens is 1. The lowest BCUT2D eigenvalue weighted by atomic mass is 9.89. The molecule has 1 saturated heterocycles. The van der Waals surface area contributed by atoms with E-state index < -0.39 is 0 Å². The first-order valence-electron chi connectivity index (χ1n) is 6.55. The molecule has 1 atom stereocenters. The number of hydrogen-bond acceptors (Lipinski definition) is 2. The normalized spacial score (nSPS) is 23.7. The van der Waals surface area contributed by atoms with Crippen LogP contribution in [0.4, 0.5) is 0 Å². The molecule has 2 heterocycles.